The van der Waals surface area contributed by atoms with Crippen LogP contribution in [0, 0.1) is 0 Å². The van der Waals surface area contributed by atoms with Crippen molar-refractivity contribution in [3.05, 3.63) is 46.4 Å². The van der Waals surface area contributed by atoms with Crippen molar-refractivity contribution in [2.24, 2.45) is 0 Å². The minimum atomic E-state index is -0.935. The quantitative estimate of drug-likeness (QED) is 0.721. The SMILES string of the molecule is O=C1O[C@H](c2ccc(Cl)cc2)C(O)=C1O. The minimum Gasteiger partial charge on any atom is -0.505 e. The fraction of sp³-hybridized carbons (Fsp3) is 0.100. The summed E-state index contributed by atoms with van der Waals surface area (Å²) in [6.45, 7) is 0. The average Bonchev–Trinajstić information content (AvgIpc) is 2.47. The topological polar surface area (TPSA) is 66.8 Å². The molecule has 0 unspecified atom stereocenters. The highest BCUT2D eigenvalue weighted by Crippen LogP contribution is 2.32. The second kappa shape index (κ2) is 3.47. The van der Waals surface area contributed by atoms with Crippen molar-refractivity contribution >= 4 is 17.6 Å². The average molecular weight is 227 g/mol. The fourth-order valence-corrected chi connectivity index (χ4v) is 1.44. The van der Waals surface area contributed by atoms with Crippen LogP contribution in [0.2, 0.25) is 5.02 Å². The zero-order valence-electron chi connectivity index (χ0n) is 7.48. The standard InChI is InChI=1S/C10H7ClO4/c11-6-3-1-5(2-4-6)9-7(12)8(13)10(14)15-9/h1-4,9,12-13H/t9-/m1/s1. The van der Waals surface area contributed by atoms with E-state index in [1.807, 2.05) is 0 Å². The Bertz CT molecular complexity index is 435. The molecule has 1 aromatic carbocycles. The Kier molecular flexibility index (Phi) is 2.28. The molecule has 4 nitrogen and oxygen atoms in total. The molecule has 0 saturated heterocycles. The van der Waals surface area contributed by atoms with Gasteiger partial charge in [0.1, 0.15) is 0 Å². The summed E-state index contributed by atoms with van der Waals surface area (Å²) in [4.78, 5) is 10.9. The maximum absolute atomic E-state index is 10.9. The van der Waals surface area contributed by atoms with Gasteiger partial charge in [-0.15, -0.1) is 0 Å². The highest BCUT2D eigenvalue weighted by atomic mass is 35.5. The third-order valence-corrected chi connectivity index (χ3v) is 2.33. The summed E-state index contributed by atoms with van der Waals surface area (Å²) in [5, 5.41) is 19.0. The molecular formula is C10H7ClO4. The number of carbonyl (C=O) groups excluding carboxylic acids is 1. The van der Waals surface area contributed by atoms with Crippen molar-refractivity contribution in [2.45, 2.75) is 6.10 Å². The highest BCUT2D eigenvalue weighted by molar-refractivity contribution is 6.30. The molecule has 1 aliphatic heterocycles. The van der Waals surface area contributed by atoms with Crippen molar-refractivity contribution in [1.82, 2.24) is 0 Å². The molecule has 78 valence electrons. The Balaban J connectivity index is 2.35. The molecule has 0 radical (unpaired) electrons. The van der Waals surface area contributed by atoms with Crippen LogP contribution in [-0.2, 0) is 9.53 Å². The van der Waals surface area contributed by atoms with E-state index in [1.165, 1.54) is 0 Å². The smallest absolute Gasteiger partial charge is 0.378 e. The minimum absolute atomic E-state index is 0.470. The molecule has 1 aliphatic rings. The van der Waals surface area contributed by atoms with Crippen LogP contribution in [0.25, 0.3) is 0 Å². The maximum Gasteiger partial charge on any atom is 0.378 e. The summed E-state index contributed by atoms with van der Waals surface area (Å²) >= 11 is 5.68. The molecular weight excluding hydrogens is 220 g/mol. The predicted molar refractivity (Wildman–Crippen MR) is 52.6 cm³/mol. The number of ether oxygens (including phenoxy) is 1. The van der Waals surface area contributed by atoms with Crippen molar-refractivity contribution in [1.29, 1.82) is 0 Å². The fourth-order valence-electron chi connectivity index (χ4n) is 1.31. The van der Waals surface area contributed by atoms with E-state index in [0.717, 1.165) is 0 Å². The lowest BCUT2D eigenvalue weighted by Gasteiger charge is -2.09. The molecule has 1 atom stereocenters. The number of halogens is 1. The van der Waals surface area contributed by atoms with E-state index in [2.05, 4.69) is 0 Å². The van der Waals surface area contributed by atoms with Gasteiger partial charge in [0, 0.05) is 10.6 Å². The van der Waals surface area contributed by atoms with Crippen LogP contribution in [0.5, 0.6) is 0 Å². The Morgan fingerprint density at radius 1 is 1.20 bits per heavy atom. The van der Waals surface area contributed by atoms with Gasteiger partial charge in [-0.05, 0) is 12.1 Å². The Morgan fingerprint density at radius 3 is 2.27 bits per heavy atom. The molecule has 2 N–H and O–H groups in total. The van der Waals surface area contributed by atoms with E-state index in [4.69, 9.17) is 21.4 Å². The number of rotatable bonds is 1. The summed E-state index contributed by atoms with van der Waals surface area (Å²) < 4.78 is 4.76. The highest BCUT2D eigenvalue weighted by Gasteiger charge is 2.35. The molecule has 0 spiro atoms. The summed E-state index contributed by atoms with van der Waals surface area (Å²) in [5.41, 5.74) is 0.550. The van der Waals surface area contributed by atoms with Crippen LogP contribution in [0.3, 0.4) is 0 Å². The lowest BCUT2D eigenvalue weighted by Crippen LogP contribution is -2.03. The molecule has 0 amide bonds. The second-order valence-electron chi connectivity index (χ2n) is 3.07. The number of hydrogen-bond donors (Lipinski definition) is 2. The number of hydrogen-bond acceptors (Lipinski definition) is 4. The van der Waals surface area contributed by atoms with Gasteiger partial charge in [-0.2, -0.15) is 0 Å². The molecule has 0 aliphatic carbocycles. The van der Waals surface area contributed by atoms with Gasteiger partial charge in [-0.3, -0.25) is 0 Å². The Labute approximate surface area is 90.4 Å². The van der Waals surface area contributed by atoms with Gasteiger partial charge < -0.3 is 14.9 Å². The van der Waals surface area contributed by atoms with Crippen molar-refractivity contribution in [2.75, 3.05) is 0 Å². The molecule has 0 bridgehead atoms. The summed E-state index contributed by atoms with van der Waals surface area (Å²) in [7, 11) is 0. The first-order valence-electron chi connectivity index (χ1n) is 4.18. The third kappa shape index (κ3) is 1.64. The molecule has 5 heteroatoms. The van der Waals surface area contributed by atoms with Crippen LogP contribution in [0.15, 0.2) is 35.8 Å². The lowest BCUT2D eigenvalue weighted by atomic mass is 10.1. The number of aliphatic hydroxyl groups is 2. The Hall–Kier alpha value is -1.68. The van der Waals surface area contributed by atoms with Crippen molar-refractivity contribution in [3.63, 3.8) is 0 Å². The number of esters is 1. The summed E-state index contributed by atoms with van der Waals surface area (Å²) in [5.74, 6) is -2.13. The maximum atomic E-state index is 10.9. The van der Waals surface area contributed by atoms with Gasteiger partial charge in [-0.25, -0.2) is 4.79 Å². The number of aliphatic hydroxyl groups excluding tert-OH is 2. The third-order valence-electron chi connectivity index (χ3n) is 2.08. The predicted octanol–water partition coefficient (Wildman–Crippen LogP) is 2.27. The molecule has 1 heterocycles. The normalized spacial score (nSPS) is 20.6. The molecule has 2 rings (SSSR count). The van der Waals surface area contributed by atoms with Gasteiger partial charge >= 0.3 is 5.97 Å². The number of carbonyl (C=O) groups is 1. The molecule has 15 heavy (non-hydrogen) atoms. The van der Waals surface area contributed by atoms with Crippen LogP contribution in [0.4, 0.5) is 0 Å². The molecule has 0 saturated carbocycles. The van der Waals surface area contributed by atoms with Gasteiger partial charge in [0.25, 0.3) is 0 Å². The van der Waals surface area contributed by atoms with Gasteiger partial charge in [0.2, 0.25) is 5.76 Å². The number of benzene rings is 1. The molecule has 0 aromatic heterocycles. The zero-order chi connectivity index (χ0) is 11.0. The van der Waals surface area contributed by atoms with Gasteiger partial charge in [0.15, 0.2) is 11.9 Å². The monoisotopic (exact) mass is 226 g/mol. The van der Waals surface area contributed by atoms with Crippen molar-refractivity contribution in [3.8, 4) is 0 Å². The van der Waals surface area contributed by atoms with E-state index < -0.39 is 23.6 Å². The van der Waals surface area contributed by atoms with Crippen LogP contribution < -0.4 is 0 Å². The van der Waals surface area contributed by atoms with Crippen molar-refractivity contribution < 1.29 is 19.7 Å². The van der Waals surface area contributed by atoms with Crippen LogP contribution >= 0.6 is 11.6 Å². The largest absolute Gasteiger partial charge is 0.505 e. The number of cyclic esters (lactones) is 1. The molecule has 1 aromatic rings. The van der Waals surface area contributed by atoms with E-state index in [0.29, 0.717) is 10.6 Å². The van der Waals surface area contributed by atoms with E-state index in [9.17, 15) is 9.90 Å². The first-order valence-corrected chi connectivity index (χ1v) is 4.56. The van der Waals surface area contributed by atoms with E-state index in [-0.39, 0.29) is 0 Å². The summed E-state index contributed by atoms with van der Waals surface area (Å²) in [6, 6.07) is 6.42. The summed E-state index contributed by atoms with van der Waals surface area (Å²) in [6.07, 6.45) is -0.935. The first kappa shape index (κ1) is 9.86. The lowest BCUT2D eigenvalue weighted by molar-refractivity contribution is -0.142. The van der Waals surface area contributed by atoms with E-state index in [1.54, 1.807) is 24.3 Å². The van der Waals surface area contributed by atoms with Crippen LogP contribution in [-0.4, -0.2) is 16.2 Å². The van der Waals surface area contributed by atoms with Gasteiger partial charge in [-0.1, -0.05) is 23.7 Å². The van der Waals surface area contributed by atoms with Gasteiger partial charge in [0.05, 0.1) is 0 Å². The van der Waals surface area contributed by atoms with Crippen LogP contribution in [0.1, 0.15) is 11.7 Å². The zero-order valence-corrected chi connectivity index (χ0v) is 8.23. The van der Waals surface area contributed by atoms with E-state index >= 15 is 0 Å². The second-order valence-corrected chi connectivity index (χ2v) is 3.51. The first-order chi connectivity index (χ1) is 7.09. The molecule has 0 fully saturated rings. The Morgan fingerprint density at radius 2 is 1.80 bits per heavy atom.